The molecule has 4 N–H and O–H groups in total. The lowest BCUT2D eigenvalue weighted by atomic mass is 10.3. The Morgan fingerprint density at radius 2 is 1.30 bits per heavy atom. The second-order valence-corrected chi connectivity index (χ2v) is 1.63. The molecule has 0 bridgehead atoms. The molecule has 0 spiro atoms. The maximum Gasteiger partial charge on any atom is 0.0547 e. The summed E-state index contributed by atoms with van der Waals surface area (Å²) in [6, 6.07) is 7.25. The van der Waals surface area contributed by atoms with Crippen LogP contribution in [0.25, 0.3) is 0 Å². The van der Waals surface area contributed by atoms with Gasteiger partial charge in [0.2, 0.25) is 0 Å². The van der Waals surface area contributed by atoms with E-state index in [4.69, 9.17) is 16.7 Å². The average Bonchev–Trinajstić information content (AvgIpc) is 2.00. The minimum absolute atomic E-state index is 0.646. The van der Waals surface area contributed by atoms with Crippen LogP contribution in [0.1, 0.15) is 0 Å². The lowest BCUT2D eigenvalue weighted by molar-refractivity contribution is 1.58. The van der Waals surface area contributed by atoms with E-state index in [9.17, 15) is 0 Å². The Morgan fingerprint density at radius 1 is 1.00 bits per heavy atom. The summed E-state index contributed by atoms with van der Waals surface area (Å²) in [6.45, 7) is 3.50. The van der Waals surface area contributed by atoms with Crippen molar-refractivity contribution in [3.05, 3.63) is 24.3 Å². The lowest BCUT2D eigenvalue weighted by Crippen LogP contribution is -1.91. The molecule has 0 saturated heterocycles. The molecule has 0 heterocycles. The molecule has 0 radical (unpaired) electrons. The lowest BCUT2D eigenvalue weighted by Gasteiger charge is -1.94. The van der Waals surface area contributed by atoms with Gasteiger partial charge in [-0.3, -0.25) is 0 Å². The van der Waals surface area contributed by atoms with E-state index in [2.05, 4.69) is 6.57 Å². The molecule has 10 heavy (non-hydrogen) atoms. The number of anilines is 2. The normalized spacial score (nSPS) is 7.40. The summed E-state index contributed by atoms with van der Waals surface area (Å²) in [5.74, 6) is 0. The number of nitriles is 1. The number of nitrogen functional groups attached to an aromatic ring is 2. The zero-order valence-electron chi connectivity index (χ0n) is 5.49. The van der Waals surface area contributed by atoms with Crippen molar-refractivity contribution in [3.8, 4) is 6.57 Å². The number of hydrogen-bond acceptors (Lipinski definition) is 3. The topological polar surface area (TPSA) is 75.8 Å². The van der Waals surface area contributed by atoms with Gasteiger partial charge in [0.25, 0.3) is 0 Å². The Hall–Kier alpha value is -1.69. The first kappa shape index (κ1) is 8.31. The van der Waals surface area contributed by atoms with Gasteiger partial charge in [0, 0.05) is 6.57 Å². The van der Waals surface area contributed by atoms with Crippen LogP contribution in [0.2, 0.25) is 0 Å². The first-order chi connectivity index (χ1) is 4.80. The first-order valence-electron chi connectivity index (χ1n) is 2.66. The highest BCUT2D eigenvalue weighted by atomic mass is 14.7. The van der Waals surface area contributed by atoms with E-state index in [1.165, 1.54) is 0 Å². The van der Waals surface area contributed by atoms with E-state index in [-0.39, 0.29) is 0 Å². The third-order valence-corrected chi connectivity index (χ3v) is 0.996. The maximum absolute atomic E-state index is 6.50. The number of rotatable bonds is 0. The van der Waals surface area contributed by atoms with Crippen molar-refractivity contribution < 1.29 is 0 Å². The van der Waals surface area contributed by atoms with Crippen LogP contribution in [0.5, 0.6) is 0 Å². The molecule has 52 valence electrons. The second kappa shape index (κ2) is 4.21. The number of benzene rings is 1. The van der Waals surface area contributed by atoms with Crippen LogP contribution in [0.4, 0.5) is 11.4 Å². The highest BCUT2D eigenvalue weighted by molar-refractivity contribution is 5.62. The Balaban J connectivity index is 0.000000371. The summed E-state index contributed by atoms with van der Waals surface area (Å²) < 4.78 is 0. The zero-order chi connectivity index (χ0) is 7.98. The molecule has 3 heteroatoms. The van der Waals surface area contributed by atoms with Crippen LogP contribution in [0.3, 0.4) is 0 Å². The predicted molar refractivity (Wildman–Crippen MR) is 41.9 cm³/mol. The third-order valence-electron chi connectivity index (χ3n) is 0.996. The van der Waals surface area contributed by atoms with Gasteiger partial charge < -0.3 is 11.5 Å². The largest absolute Gasteiger partial charge is 0.397 e. The molecule has 0 aromatic heterocycles. The van der Waals surface area contributed by atoms with Gasteiger partial charge in [0.15, 0.2) is 0 Å². The molecule has 0 atom stereocenters. The van der Waals surface area contributed by atoms with E-state index in [0.717, 1.165) is 0 Å². The van der Waals surface area contributed by atoms with Gasteiger partial charge in [0.05, 0.1) is 11.4 Å². The smallest absolute Gasteiger partial charge is 0.0547 e. The zero-order valence-corrected chi connectivity index (χ0v) is 5.49. The van der Waals surface area contributed by atoms with E-state index >= 15 is 0 Å². The summed E-state index contributed by atoms with van der Waals surface area (Å²) in [6.07, 6.45) is 0. The maximum atomic E-state index is 6.50. The first-order valence-corrected chi connectivity index (χ1v) is 2.66. The van der Waals surface area contributed by atoms with Gasteiger partial charge >= 0.3 is 0 Å². The summed E-state index contributed by atoms with van der Waals surface area (Å²) >= 11 is 0. The Labute approximate surface area is 59.9 Å². The molecule has 1 aromatic carbocycles. The van der Waals surface area contributed by atoms with Gasteiger partial charge in [-0.15, -0.1) is 0 Å². The van der Waals surface area contributed by atoms with Gasteiger partial charge in [-0.05, 0) is 12.1 Å². The van der Waals surface area contributed by atoms with Crippen LogP contribution in [0, 0.1) is 11.8 Å². The van der Waals surface area contributed by atoms with Gasteiger partial charge in [-0.2, -0.15) is 0 Å². The summed E-state index contributed by atoms with van der Waals surface area (Å²) in [4.78, 5) is 0. The Morgan fingerprint density at radius 3 is 1.50 bits per heavy atom. The van der Waals surface area contributed by atoms with E-state index in [1.807, 2.05) is 12.1 Å². The number of nitrogens with two attached hydrogens (primary N) is 2. The van der Waals surface area contributed by atoms with E-state index in [1.54, 1.807) is 12.1 Å². The van der Waals surface area contributed by atoms with Crippen molar-refractivity contribution in [3.63, 3.8) is 0 Å². The van der Waals surface area contributed by atoms with Crippen molar-refractivity contribution in [2.75, 3.05) is 11.5 Å². The molecule has 3 nitrogen and oxygen atoms in total. The summed E-state index contributed by atoms with van der Waals surface area (Å²) in [5, 5.41) is 6.50. The molecule has 0 aliphatic rings. The van der Waals surface area contributed by atoms with Crippen molar-refractivity contribution in [1.82, 2.24) is 0 Å². The summed E-state index contributed by atoms with van der Waals surface area (Å²) in [5.41, 5.74) is 12.1. The molecular weight excluding hydrogens is 126 g/mol. The number of nitrogens with zero attached hydrogens (tertiary/aromatic N) is 1. The van der Waals surface area contributed by atoms with E-state index < -0.39 is 0 Å². The molecule has 0 aliphatic heterocycles. The average molecular weight is 135 g/mol. The standard InChI is InChI=1S/C6H8N2.CHN/c7-5-3-1-2-4-6(5)8;1-2/h1-4H,7-8H2;1H. The fourth-order valence-electron chi connectivity index (χ4n) is 0.511. The van der Waals surface area contributed by atoms with Crippen molar-refractivity contribution >= 4 is 11.4 Å². The monoisotopic (exact) mass is 135 g/mol. The molecule has 0 amide bonds. The SMILES string of the molecule is C#N.Nc1ccccc1N. The minimum atomic E-state index is 0.646. The van der Waals surface area contributed by atoms with Crippen LogP contribution >= 0.6 is 0 Å². The highest BCUT2D eigenvalue weighted by Crippen LogP contribution is 2.10. The molecule has 0 fully saturated rings. The molecule has 1 rings (SSSR count). The van der Waals surface area contributed by atoms with Crippen molar-refractivity contribution in [2.45, 2.75) is 0 Å². The third kappa shape index (κ3) is 2.05. The molecular formula is C7H9N3. The van der Waals surface area contributed by atoms with Crippen molar-refractivity contribution in [2.24, 2.45) is 0 Å². The number of hydrogen-bond donors (Lipinski definition) is 2. The fraction of sp³-hybridized carbons (Fsp3) is 0. The molecule has 0 unspecified atom stereocenters. The van der Waals surface area contributed by atoms with Gasteiger partial charge in [-0.1, -0.05) is 12.1 Å². The van der Waals surface area contributed by atoms with Crippen LogP contribution in [-0.4, -0.2) is 0 Å². The van der Waals surface area contributed by atoms with Crippen LogP contribution in [0.15, 0.2) is 24.3 Å². The predicted octanol–water partition coefficient (Wildman–Crippen LogP) is 0.991. The van der Waals surface area contributed by atoms with E-state index in [0.29, 0.717) is 11.4 Å². The summed E-state index contributed by atoms with van der Waals surface area (Å²) in [7, 11) is 0. The quantitative estimate of drug-likeness (QED) is 0.521. The van der Waals surface area contributed by atoms with Gasteiger partial charge in [-0.25, -0.2) is 5.26 Å². The molecule has 0 saturated carbocycles. The molecule has 0 aliphatic carbocycles. The van der Waals surface area contributed by atoms with Crippen LogP contribution < -0.4 is 11.5 Å². The van der Waals surface area contributed by atoms with Gasteiger partial charge in [0.1, 0.15) is 0 Å². The number of para-hydroxylation sites is 2. The van der Waals surface area contributed by atoms with Crippen molar-refractivity contribution in [1.29, 1.82) is 5.26 Å². The minimum Gasteiger partial charge on any atom is -0.397 e. The second-order valence-electron chi connectivity index (χ2n) is 1.63. The van der Waals surface area contributed by atoms with Crippen LogP contribution in [-0.2, 0) is 0 Å². The Bertz CT molecular complexity index is 196. The Kier molecular flexibility index (Phi) is 3.50. The highest BCUT2D eigenvalue weighted by Gasteiger charge is 1.85. The fourth-order valence-corrected chi connectivity index (χ4v) is 0.511. The molecule has 1 aromatic rings.